The van der Waals surface area contributed by atoms with E-state index in [9.17, 15) is 4.79 Å². The molecule has 4 nitrogen and oxygen atoms in total. The summed E-state index contributed by atoms with van der Waals surface area (Å²) in [6.07, 6.45) is 1.51. The predicted molar refractivity (Wildman–Crippen MR) is 93.4 cm³/mol. The highest BCUT2D eigenvalue weighted by molar-refractivity contribution is 9.10. The molecule has 2 aromatic carbocycles. The van der Waals surface area contributed by atoms with Crippen LogP contribution in [0.5, 0.6) is 0 Å². The minimum atomic E-state index is -0.278. The van der Waals surface area contributed by atoms with Gasteiger partial charge >= 0.3 is 0 Å². The van der Waals surface area contributed by atoms with Crippen molar-refractivity contribution in [3.8, 4) is 0 Å². The summed E-state index contributed by atoms with van der Waals surface area (Å²) in [5.41, 5.74) is 2.45. The Morgan fingerprint density at radius 3 is 2.68 bits per heavy atom. The first-order chi connectivity index (χ1) is 10.5. The molecule has 2 aromatic rings. The third kappa shape index (κ3) is 3.06. The number of rotatable bonds is 2. The number of amides is 1. The smallest absolute Gasteiger partial charge is 0.276 e. The molecule has 7 heteroatoms. The second kappa shape index (κ2) is 6.20. The first kappa shape index (κ1) is 15.2. The molecule has 110 valence electrons. The van der Waals surface area contributed by atoms with Gasteiger partial charge in [0.2, 0.25) is 0 Å². The van der Waals surface area contributed by atoms with Gasteiger partial charge in [0.05, 0.1) is 21.9 Å². The molecule has 1 aliphatic rings. The number of carbonyl (C=O) groups excluding carboxylic acids is 1. The lowest BCUT2D eigenvalue weighted by atomic mass is 10.1. The van der Waals surface area contributed by atoms with E-state index in [4.69, 9.17) is 23.2 Å². The number of anilines is 1. The van der Waals surface area contributed by atoms with Crippen LogP contribution in [-0.4, -0.2) is 17.8 Å². The van der Waals surface area contributed by atoms with Crippen molar-refractivity contribution in [1.82, 2.24) is 0 Å². The molecule has 1 aliphatic heterocycles. The van der Waals surface area contributed by atoms with E-state index in [1.54, 1.807) is 18.2 Å². The van der Waals surface area contributed by atoms with Crippen LogP contribution < -0.4 is 5.32 Å². The van der Waals surface area contributed by atoms with Crippen molar-refractivity contribution < 1.29 is 4.79 Å². The second-order valence-corrected chi connectivity index (χ2v) is 6.24. The molecule has 0 aliphatic carbocycles. The van der Waals surface area contributed by atoms with E-state index in [2.05, 4.69) is 31.4 Å². The summed E-state index contributed by atoms with van der Waals surface area (Å²) in [5, 5.41) is 11.6. The van der Waals surface area contributed by atoms with Gasteiger partial charge < -0.3 is 5.32 Å². The lowest BCUT2D eigenvalue weighted by Crippen LogP contribution is -2.13. The molecular weight excluding hydrogens is 389 g/mol. The van der Waals surface area contributed by atoms with Gasteiger partial charge in [0.15, 0.2) is 5.71 Å². The fraction of sp³-hybridized carbons (Fsp3) is 0. The highest BCUT2D eigenvalue weighted by atomic mass is 79.9. The molecule has 0 saturated heterocycles. The molecule has 1 N–H and O–H groups in total. The van der Waals surface area contributed by atoms with Crippen LogP contribution in [0, 0.1) is 0 Å². The van der Waals surface area contributed by atoms with E-state index in [0.717, 1.165) is 15.7 Å². The Bertz CT molecular complexity index is 834. The van der Waals surface area contributed by atoms with Gasteiger partial charge in [0.25, 0.3) is 5.91 Å². The zero-order valence-electron chi connectivity index (χ0n) is 11.0. The Morgan fingerprint density at radius 1 is 1.09 bits per heavy atom. The number of nitrogens with zero attached hydrogens (tertiary/aromatic N) is 2. The maximum atomic E-state index is 11.9. The Hall–Kier alpha value is -1.69. The van der Waals surface area contributed by atoms with Gasteiger partial charge in [-0.1, -0.05) is 45.2 Å². The summed E-state index contributed by atoms with van der Waals surface area (Å²) in [5.74, 6) is -0.278. The van der Waals surface area contributed by atoms with E-state index >= 15 is 0 Å². The Kier molecular flexibility index (Phi) is 4.29. The molecule has 0 unspecified atom stereocenters. The number of hydrogen-bond donors (Lipinski definition) is 1. The van der Waals surface area contributed by atoms with Crippen molar-refractivity contribution >= 4 is 62.7 Å². The Balaban J connectivity index is 1.90. The average molecular weight is 397 g/mol. The molecular formula is C15H8BrCl2N3O. The number of nitrogens with one attached hydrogen (secondary N) is 1. The lowest BCUT2D eigenvalue weighted by Gasteiger charge is -1.97. The fourth-order valence-electron chi connectivity index (χ4n) is 1.97. The summed E-state index contributed by atoms with van der Waals surface area (Å²) in [4.78, 5) is 11.9. The third-order valence-corrected chi connectivity index (χ3v) is 4.24. The largest absolute Gasteiger partial charge is 0.320 e. The standard InChI is InChI=1S/C15H8BrCl2N3O/c16-9-2-4-13-10(6-9)14(15(22)20-13)21-19-7-8-1-3-11(17)12(18)5-8/h1-7H,(H,20,21,22)/b19-7+. The molecule has 0 atom stereocenters. The van der Waals surface area contributed by atoms with Crippen molar-refractivity contribution in [3.05, 3.63) is 62.0 Å². The van der Waals surface area contributed by atoms with Crippen LogP contribution >= 0.6 is 39.1 Å². The summed E-state index contributed by atoms with van der Waals surface area (Å²) < 4.78 is 0.865. The van der Waals surface area contributed by atoms with Crippen LogP contribution in [-0.2, 0) is 4.79 Å². The highest BCUT2D eigenvalue weighted by Gasteiger charge is 2.26. The topological polar surface area (TPSA) is 53.8 Å². The van der Waals surface area contributed by atoms with Crippen molar-refractivity contribution in [1.29, 1.82) is 0 Å². The number of fused-ring (bicyclic) bond motifs is 1. The van der Waals surface area contributed by atoms with Gasteiger partial charge in [0, 0.05) is 10.0 Å². The molecule has 0 saturated carbocycles. The van der Waals surface area contributed by atoms with Crippen LogP contribution in [0.15, 0.2) is 51.1 Å². The molecule has 22 heavy (non-hydrogen) atoms. The molecule has 0 radical (unpaired) electrons. The minimum Gasteiger partial charge on any atom is -0.320 e. The number of benzene rings is 2. The van der Waals surface area contributed by atoms with E-state index in [-0.39, 0.29) is 11.6 Å². The molecule has 0 aromatic heterocycles. The zero-order valence-corrected chi connectivity index (χ0v) is 14.1. The van der Waals surface area contributed by atoms with E-state index in [0.29, 0.717) is 15.6 Å². The summed E-state index contributed by atoms with van der Waals surface area (Å²) >= 11 is 15.1. The van der Waals surface area contributed by atoms with Gasteiger partial charge in [-0.15, -0.1) is 5.10 Å². The van der Waals surface area contributed by atoms with Gasteiger partial charge in [-0.25, -0.2) is 0 Å². The summed E-state index contributed by atoms with van der Waals surface area (Å²) in [6.45, 7) is 0. The van der Waals surface area contributed by atoms with E-state index in [1.807, 2.05) is 18.2 Å². The van der Waals surface area contributed by atoms with Crippen LogP contribution in [0.4, 0.5) is 5.69 Å². The predicted octanol–water partition coefficient (Wildman–Crippen LogP) is 4.53. The van der Waals surface area contributed by atoms with Crippen molar-refractivity contribution in [3.63, 3.8) is 0 Å². The fourth-order valence-corrected chi connectivity index (χ4v) is 2.64. The first-order valence-electron chi connectivity index (χ1n) is 6.22. The Labute approximate surface area is 145 Å². The monoisotopic (exact) mass is 395 g/mol. The second-order valence-electron chi connectivity index (χ2n) is 4.51. The minimum absolute atomic E-state index is 0.271. The van der Waals surface area contributed by atoms with Crippen LogP contribution in [0.1, 0.15) is 11.1 Å². The molecule has 3 rings (SSSR count). The number of hydrogen-bond acceptors (Lipinski definition) is 3. The lowest BCUT2D eigenvalue weighted by molar-refractivity contribution is -0.110. The van der Waals surface area contributed by atoms with E-state index < -0.39 is 0 Å². The van der Waals surface area contributed by atoms with E-state index in [1.165, 1.54) is 6.21 Å². The average Bonchev–Trinajstić information content (AvgIpc) is 2.79. The van der Waals surface area contributed by atoms with Gasteiger partial charge in [-0.3, -0.25) is 4.79 Å². The summed E-state index contributed by atoms with van der Waals surface area (Å²) in [7, 11) is 0. The van der Waals surface area contributed by atoms with Gasteiger partial charge in [0.1, 0.15) is 0 Å². The van der Waals surface area contributed by atoms with Crippen LogP contribution in [0.2, 0.25) is 10.0 Å². The summed E-state index contributed by atoms with van der Waals surface area (Å²) in [6, 6.07) is 10.6. The molecule has 0 fully saturated rings. The maximum Gasteiger partial charge on any atom is 0.276 e. The van der Waals surface area contributed by atoms with Crippen molar-refractivity contribution in [2.75, 3.05) is 5.32 Å². The van der Waals surface area contributed by atoms with Crippen molar-refractivity contribution in [2.45, 2.75) is 0 Å². The SMILES string of the molecule is O=C1Nc2ccc(Br)cc2/C1=N/N=C/c1ccc(Cl)c(Cl)c1. The highest BCUT2D eigenvalue weighted by Crippen LogP contribution is 2.27. The molecule has 1 amide bonds. The van der Waals surface area contributed by atoms with Gasteiger partial charge in [-0.05, 0) is 35.9 Å². The van der Waals surface area contributed by atoms with Crippen molar-refractivity contribution in [2.24, 2.45) is 10.2 Å². The third-order valence-electron chi connectivity index (χ3n) is 3.01. The first-order valence-corrected chi connectivity index (χ1v) is 7.77. The van der Waals surface area contributed by atoms with Crippen LogP contribution in [0.25, 0.3) is 0 Å². The zero-order chi connectivity index (χ0) is 15.7. The maximum absolute atomic E-state index is 11.9. The molecule has 0 spiro atoms. The normalized spacial score (nSPS) is 15.4. The molecule has 1 heterocycles. The number of halogens is 3. The Morgan fingerprint density at radius 2 is 1.91 bits per heavy atom. The van der Waals surface area contributed by atoms with Gasteiger partial charge in [-0.2, -0.15) is 5.10 Å². The van der Waals surface area contributed by atoms with Crippen LogP contribution in [0.3, 0.4) is 0 Å². The quantitative estimate of drug-likeness (QED) is 0.588. The number of carbonyl (C=O) groups is 1. The molecule has 0 bridgehead atoms.